The highest BCUT2D eigenvalue weighted by Crippen LogP contribution is 2.42. The first-order chi connectivity index (χ1) is 12.6. The molecule has 3 rings (SSSR count). The number of nitrogens with zero attached hydrogens (tertiary/aromatic N) is 1. The molecule has 0 amide bonds. The van der Waals surface area contributed by atoms with E-state index in [1.807, 2.05) is 30.3 Å². The zero-order chi connectivity index (χ0) is 19.8. The highest BCUT2D eigenvalue weighted by Gasteiger charge is 2.43. The fraction of sp³-hybridized carbons (Fsp3) is 0.150. The number of hydrogen-bond acceptors (Lipinski definition) is 1. The number of pyridine rings is 1. The zero-order valence-corrected chi connectivity index (χ0v) is 14.0. The summed E-state index contributed by atoms with van der Waals surface area (Å²) in [7, 11) is 0. The minimum absolute atomic E-state index is 0.0347. The summed E-state index contributed by atoms with van der Waals surface area (Å²) in [6.07, 6.45) is -8.74. The maximum atomic E-state index is 13.2. The number of hydrogen-bond donors (Lipinski definition) is 0. The summed E-state index contributed by atoms with van der Waals surface area (Å²) < 4.78 is 78.3. The van der Waals surface area contributed by atoms with E-state index in [0.717, 1.165) is 22.8 Å². The van der Waals surface area contributed by atoms with E-state index in [4.69, 9.17) is 0 Å². The van der Waals surface area contributed by atoms with E-state index in [1.54, 1.807) is 13.0 Å². The van der Waals surface area contributed by atoms with Crippen molar-refractivity contribution in [1.82, 2.24) is 4.98 Å². The van der Waals surface area contributed by atoms with Crippen LogP contribution < -0.4 is 0 Å². The van der Waals surface area contributed by atoms with E-state index in [1.165, 1.54) is 6.20 Å². The summed E-state index contributed by atoms with van der Waals surface area (Å²) in [6.45, 7) is 1.80. The molecule has 1 nitrogen and oxygen atoms in total. The third-order valence-corrected chi connectivity index (χ3v) is 4.11. The van der Waals surface area contributed by atoms with Crippen LogP contribution in [0.25, 0.3) is 22.4 Å². The molecule has 1 heterocycles. The second-order valence-corrected chi connectivity index (χ2v) is 6.01. The third-order valence-electron chi connectivity index (χ3n) is 4.11. The van der Waals surface area contributed by atoms with Gasteiger partial charge in [-0.3, -0.25) is 4.98 Å². The van der Waals surface area contributed by atoms with Crippen LogP contribution in [0.15, 0.2) is 60.8 Å². The molecule has 0 aliphatic heterocycles. The van der Waals surface area contributed by atoms with Gasteiger partial charge < -0.3 is 0 Å². The van der Waals surface area contributed by atoms with Crippen LogP contribution >= 0.6 is 0 Å². The minimum Gasteiger partial charge on any atom is -0.256 e. The van der Waals surface area contributed by atoms with Gasteiger partial charge in [-0.1, -0.05) is 36.4 Å². The van der Waals surface area contributed by atoms with Crippen LogP contribution in [0.5, 0.6) is 0 Å². The Morgan fingerprint density at radius 2 is 1.33 bits per heavy atom. The average Bonchev–Trinajstić information content (AvgIpc) is 2.61. The molecular formula is C20H13F6N. The van der Waals surface area contributed by atoms with Crippen molar-refractivity contribution in [2.24, 2.45) is 0 Å². The second kappa shape index (κ2) is 6.72. The summed E-state index contributed by atoms with van der Waals surface area (Å²) in [5.41, 5.74) is -0.931. The van der Waals surface area contributed by atoms with E-state index < -0.39 is 23.5 Å². The predicted molar refractivity (Wildman–Crippen MR) is 89.8 cm³/mol. The summed E-state index contributed by atoms with van der Waals surface area (Å²) in [4.78, 5) is 4.10. The monoisotopic (exact) mass is 381 g/mol. The number of aromatic nitrogens is 1. The Bertz CT molecular complexity index is 958. The first-order valence-electron chi connectivity index (χ1n) is 7.88. The summed E-state index contributed by atoms with van der Waals surface area (Å²) in [5, 5.41) is 0. The Labute approximate surface area is 151 Å². The molecule has 0 bridgehead atoms. The van der Waals surface area contributed by atoms with Gasteiger partial charge in [0.15, 0.2) is 0 Å². The van der Waals surface area contributed by atoms with Gasteiger partial charge in [0.25, 0.3) is 0 Å². The van der Waals surface area contributed by atoms with Gasteiger partial charge >= 0.3 is 12.4 Å². The normalized spacial score (nSPS) is 12.3. The van der Waals surface area contributed by atoms with Gasteiger partial charge in [-0.05, 0) is 41.8 Å². The molecule has 0 spiro atoms. The van der Waals surface area contributed by atoms with Gasteiger partial charge in [-0.2, -0.15) is 26.3 Å². The number of benzene rings is 2. The average molecular weight is 381 g/mol. The van der Waals surface area contributed by atoms with Crippen LogP contribution in [-0.2, 0) is 12.4 Å². The summed E-state index contributed by atoms with van der Waals surface area (Å²) >= 11 is 0. The lowest BCUT2D eigenvalue weighted by Gasteiger charge is -2.17. The molecule has 0 saturated carbocycles. The lowest BCUT2D eigenvalue weighted by atomic mass is 9.97. The smallest absolute Gasteiger partial charge is 0.256 e. The quantitative estimate of drug-likeness (QED) is 0.447. The molecule has 7 heteroatoms. The van der Waals surface area contributed by atoms with Crippen LogP contribution in [-0.4, -0.2) is 4.98 Å². The Balaban J connectivity index is 2.15. The minimum atomic E-state index is -5.13. The lowest BCUT2D eigenvalue weighted by Crippen LogP contribution is -2.16. The molecule has 140 valence electrons. The zero-order valence-electron chi connectivity index (χ0n) is 14.0. The topological polar surface area (TPSA) is 12.9 Å². The molecule has 0 unspecified atom stereocenters. The highest BCUT2D eigenvalue weighted by atomic mass is 19.4. The van der Waals surface area contributed by atoms with E-state index in [2.05, 4.69) is 4.98 Å². The van der Waals surface area contributed by atoms with Crippen LogP contribution in [0, 0.1) is 6.92 Å². The molecule has 3 aromatic rings. The Hall–Kier alpha value is -2.83. The van der Waals surface area contributed by atoms with Crippen molar-refractivity contribution in [3.05, 3.63) is 77.5 Å². The SMILES string of the molecule is Cc1cnc(-c2ccc(C(F)(F)F)c(C(F)(F)F)c2)cc1-c1ccccc1. The standard InChI is InChI=1S/C20H13F6N/c1-12-11-27-18(10-15(12)13-5-3-2-4-6-13)14-7-8-16(19(21,22)23)17(9-14)20(24,25)26/h2-11H,1H3. The summed E-state index contributed by atoms with van der Waals surface area (Å²) in [5.74, 6) is 0. The highest BCUT2D eigenvalue weighted by molar-refractivity contribution is 5.73. The van der Waals surface area contributed by atoms with Crippen LogP contribution in [0.2, 0.25) is 0 Å². The molecule has 0 N–H and O–H groups in total. The molecule has 0 atom stereocenters. The molecule has 0 aliphatic rings. The van der Waals surface area contributed by atoms with E-state index in [-0.39, 0.29) is 11.3 Å². The number of halogens is 6. The van der Waals surface area contributed by atoms with E-state index in [0.29, 0.717) is 12.1 Å². The predicted octanol–water partition coefficient (Wildman–Crippen LogP) is 6.76. The Morgan fingerprint density at radius 1 is 0.704 bits per heavy atom. The largest absolute Gasteiger partial charge is 0.417 e. The van der Waals surface area contributed by atoms with Crippen molar-refractivity contribution in [3.63, 3.8) is 0 Å². The summed E-state index contributed by atoms with van der Waals surface area (Å²) in [6, 6.07) is 12.6. The Morgan fingerprint density at radius 3 is 1.93 bits per heavy atom. The molecular weight excluding hydrogens is 368 g/mol. The van der Waals surface area contributed by atoms with Gasteiger partial charge in [0.05, 0.1) is 16.8 Å². The van der Waals surface area contributed by atoms with Gasteiger partial charge in [0.1, 0.15) is 0 Å². The molecule has 27 heavy (non-hydrogen) atoms. The van der Waals surface area contributed by atoms with E-state index >= 15 is 0 Å². The molecule has 1 aromatic heterocycles. The number of alkyl halides is 6. The lowest BCUT2D eigenvalue weighted by molar-refractivity contribution is -0.162. The molecule has 2 aromatic carbocycles. The molecule has 0 saturated heterocycles. The van der Waals surface area contributed by atoms with Crippen molar-refractivity contribution >= 4 is 0 Å². The molecule has 0 radical (unpaired) electrons. The van der Waals surface area contributed by atoms with Crippen molar-refractivity contribution in [2.75, 3.05) is 0 Å². The molecule has 0 fully saturated rings. The van der Waals surface area contributed by atoms with Crippen molar-refractivity contribution < 1.29 is 26.3 Å². The third kappa shape index (κ3) is 3.97. The number of rotatable bonds is 2. The van der Waals surface area contributed by atoms with Gasteiger partial charge in [-0.25, -0.2) is 0 Å². The van der Waals surface area contributed by atoms with Crippen molar-refractivity contribution in [3.8, 4) is 22.4 Å². The van der Waals surface area contributed by atoms with Crippen molar-refractivity contribution in [2.45, 2.75) is 19.3 Å². The first-order valence-corrected chi connectivity index (χ1v) is 7.88. The van der Waals surface area contributed by atoms with Gasteiger partial charge in [-0.15, -0.1) is 0 Å². The fourth-order valence-corrected chi connectivity index (χ4v) is 2.80. The van der Waals surface area contributed by atoms with Crippen LogP contribution in [0.3, 0.4) is 0 Å². The maximum absolute atomic E-state index is 13.2. The Kier molecular flexibility index (Phi) is 4.71. The van der Waals surface area contributed by atoms with E-state index in [9.17, 15) is 26.3 Å². The first kappa shape index (κ1) is 18.9. The van der Waals surface area contributed by atoms with Gasteiger partial charge in [0.2, 0.25) is 0 Å². The molecule has 0 aliphatic carbocycles. The van der Waals surface area contributed by atoms with Crippen LogP contribution in [0.4, 0.5) is 26.3 Å². The van der Waals surface area contributed by atoms with Crippen LogP contribution in [0.1, 0.15) is 16.7 Å². The van der Waals surface area contributed by atoms with Crippen molar-refractivity contribution in [1.29, 1.82) is 0 Å². The van der Waals surface area contributed by atoms with Gasteiger partial charge in [0, 0.05) is 11.8 Å². The second-order valence-electron chi connectivity index (χ2n) is 6.01. The number of aryl methyl sites for hydroxylation is 1. The maximum Gasteiger partial charge on any atom is 0.417 e. The fourth-order valence-electron chi connectivity index (χ4n) is 2.80.